The molecule has 3 amide bonds. The number of benzene rings is 2. The van der Waals surface area contributed by atoms with Crippen LogP contribution in [0, 0.1) is 0 Å². The van der Waals surface area contributed by atoms with Gasteiger partial charge in [0.05, 0.1) is 17.7 Å². The van der Waals surface area contributed by atoms with E-state index in [1.807, 2.05) is 18.2 Å². The molecule has 3 aromatic rings. The number of amides is 3. The number of pyridine rings is 1. The van der Waals surface area contributed by atoms with Crippen LogP contribution >= 0.6 is 0 Å². The Morgan fingerprint density at radius 3 is 2.14 bits per heavy atom. The van der Waals surface area contributed by atoms with Gasteiger partial charge in [-0.2, -0.15) is 0 Å². The monoisotopic (exact) mass is 385 g/mol. The van der Waals surface area contributed by atoms with Crippen molar-refractivity contribution in [3.05, 3.63) is 101 Å². The molecule has 0 radical (unpaired) electrons. The van der Waals surface area contributed by atoms with Gasteiger partial charge in [0.2, 0.25) is 0 Å². The topological polar surface area (TPSA) is 79.4 Å². The van der Waals surface area contributed by atoms with E-state index < -0.39 is 0 Å². The van der Waals surface area contributed by atoms with E-state index in [4.69, 9.17) is 0 Å². The van der Waals surface area contributed by atoms with Crippen molar-refractivity contribution in [2.24, 2.45) is 0 Å². The van der Waals surface area contributed by atoms with Crippen LogP contribution in [0.2, 0.25) is 0 Å². The number of hydrogen-bond donors (Lipinski definition) is 1. The van der Waals surface area contributed by atoms with Gasteiger partial charge in [0, 0.05) is 30.4 Å². The van der Waals surface area contributed by atoms with Gasteiger partial charge in [0.25, 0.3) is 17.7 Å². The number of imide groups is 1. The van der Waals surface area contributed by atoms with Crippen LogP contribution in [0.25, 0.3) is 0 Å². The van der Waals surface area contributed by atoms with Crippen molar-refractivity contribution in [1.29, 1.82) is 0 Å². The number of hydrogen-bond acceptors (Lipinski definition) is 4. The second-order valence-electron chi connectivity index (χ2n) is 6.77. The maximum atomic E-state index is 12.5. The van der Waals surface area contributed by atoms with Gasteiger partial charge >= 0.3 is 0 Å². The summed E-state index contributed by atoms with van der Waals surface area (Å²) in [5.74, 6) is -0.753. The Hall–Kier alpha value is -3.80. The van der Waals surface area contributed by atoms with Gasteiger partial charge in [-0.3, -0.25) is 24.3 Å². The molecule has 4 rings (SSSR count). The van der Waals surface area contributed by atoms with Crippen molar-refractivity contribution < 1.29 is 14.4 Å². The number of carbonyl (C=O) groups is 3. The normalized spacial score (nSPS) is 12.8. The number of nitrogens with one attached hydrogen (secondary N) is 1. The summed E-state index contributed by atoms with van der Waals surface area (Å²) >= 11 is 0. The second-order valence-corrected chi connectivity index (χ2v) is 6.77. The first kappa shape index (κ1) is 18.6. The first-order valence-electron chi connectivity index (χ1n) is 9.36. The molecular weight excluding hydrogens is 366 g/mol. The van der Waals surface area contributed by atoms with Gasteiger partial charge in [-0.15, -0.1) is 0 Å². The lowest BCUT2D eigenvalue weighted by molar-refractivity contribution is 0.0641. The summed E-state index contributed by atoms with van der Waals surface area (Å²) in [5, 5.41) is 2.87. The Kier molecular flexibility index (Phi) is 5.16. The average molecular weight is 385 g/mol. The largest absolute Gasteiger partial charge is 0.352 e. The Bertz CT molecular complexity index is 1030. The van der Waals surface area contributed by atoms with Crippen LogP contribution in [0.4, 0.5) is 0 Å². The Morgan fingerprint density at radius 1 is 0.862 bits per heavy atom. The molecule has 0 saturated carbocycles. The van der Waals surface area contributed by atoms with Crippen molar-refractivity contribution in [2.45, 2.75) is 13.0 Å². The fraction of sp³-hybridized carbons (Fsp3) is 0.130. The highest BCUT2D eigenvalue weighted by Gasteiger charge is 2.34. The van der Waals surface area contributed by atoms with Crippen molar-refractivity contribution in [3.8, 4) is 0 Å². The lowest BCUT2D eigenvalue weighted by Crippen LogP contribution is -2.29. The van der Waals surface area contributed by atoms with E-state index in [-0.39, 0.29) is 24.3 Å². The first-order valence-corrected chi connectivity index (χ1v) is 9.36. The van der Waals surface area contributed by atoms with Gasteiger partial charge in [-0.1, -0.05) is 30.3 Å². The maximum Gasteiger partial charge on any atom is 0.261 e. The van der Waals surface area contributed by atoms with Gasteiger partial charge in [0.15, 0.2) is 0 Å². The van der Waals surface area contributed by atoms with Crippen molar-refractivity contribution in [1.82, 2.24) is 15.2 Å². The SMILES string of the molecule is O=C(NCCc1ccccn1)c1ccc(CN2C(=O)c3ccccc3C2=O)cc1. The molecule has 29 heavy (non-hydrogen) atoms. The van der Waals surface area contributed by atoms with E-state index in [1.54, 1.807) is 54.7 Å². The molecule has 2 heterocycles. The third kappa shape index (κ3) is 3.91. The highest BCUT2D eigenvalue weighted by Crippen LogP contribution is 2.24. The smallest absolute Gasteiger partial charge is 0.261 e. The molecule has 6 nitrogen and oxygen atoms in total. The van der Waals surface area contributed by atoms with E-state index in [2.05, 4.69) is 10.3 Å². The molecular formula is C23H19N3O3. The molecule has 144 valence electrons. The molecule has 1 N–H and O–H groups in total. The molecule has 1 aliphatic rings. The number of nitrogens with zero attached hydrogens (tertiary/aromatic N) is 2. The quantitative estimate of drug-likeness (QED) is 0.662. The lowest BCUT2D eigenvalue weighted by atomic mass is 10.1. The van der Waals surface area contributed by atoms with Crippen LogP contribution in [0.5, 0.6) is 0 Å². The highest BCUT2D eigenvalue weighted by atomic mass is 16.2. The molecule has 0 unspecified atom stereocenters. The van der Waals surface area contributed by atoms with E-state index >= 15 is 0 Å². The molecule has 1 aromatic heterocycles. The van der Waals surface area contributed by atoms with Crippen LogP contribution in [0.15, 0.2) is 72.9 Å². The van der Waals surface area contributed by atoms with Gasteiger partial charge in [-0.25, -0.2) is 0 Å². The van der Waals surface area contributed by atoms with E-state index in [0.717, 1.165) is 11.3 Å². The third-order valence-electron chi connectivity index (χ3n) is 4.83. The molecule has 1 aliphatic heterocycles. The maximum absolute atomic E-state index is 12.5. The highest BCUT2D eigenvalue weighted by molar-refractivity contribution is 6.21. The summed E-state index contributed by atoms with van der Waals surface area (Å²) in [6, 6.07) is 19.4. The number of fused-ring (bicyclic) bond motifs is 1. The van der Waals surface area contributed by atoms with Gasteiger partial charge in [-0.05, 0) is 42.0 Å². The average Bonchev–Trinajstić information content (AvgIpc) is 3.00. The van der Waals surface area contributed by atoms with Crippen LogP contribution in [-0.2, 0) is 13.0 Å². The van der Waals surface area contributed by atoms with Gasteiger partial charge in [0.1, 0.15) is 0 Å². The first-order chi connectivity index (χ1) is 14.1. The summed E-state index contributed by atoms with van der Waals surface area (Å²) in [5.41, 5.74) is 3.09. The van der Waals surface area contributed by atoms with Crippen LogP contribution in [0.3, 0.4) is 0 Å². The minimum atomic E-state index is -0.290. The van der Waals surface area contributed by atoms with E-state index in [9.17, 15) is 14.4 Å². The molecule has 0 aliphatic carbocycles. The predicted octanol–water partition coefficient (Wildman–Crippen LogP) is 2.85. The Balaban J connectivity index is 1.35. The third-order valence-corrected chi connectivity index (χ3v) is 4.83. The zero-order valence-corrected chi connectivity index (χ0v) is 15.7. The number of carbonyl (C=O) groups excluding carboxylic acids is 3. The summed E-state index contributed by atoms with van der Waals surface area (Å²) in [6.07, 6.45) is 2.38. The fourth-order valence-corrected chi connectivity index (χ4v) is 3.28. The summed E-state index contributed by atoms with van der Waals surface area (Å²) in [7, 11) is 0. The van der Waals surface area contributed by atoms with Gasteiger partial charge < -0.3 is 5.32 Å². The number of rotatable bonds is 6. The minimum absolute atomic E-state index is 0.173. The predicted molar refractivity (Wildman–Crippen MR) is 107 cm³/mol. The zero-order chi connectivity index (χ0) is 20.2. The molecule has 0 atom stereocenters. The Morgan fingerprint density at radius 2 is 1.52 bits per heavy atom. The molecule has 6 heteroatoms. The summed E-state index contributed by atoms with van der Waals surface area (Å²) in [6.45, 7) is 0.667. The number of aromatic nitrogens is 1. The molecule has 0 bridgehead atoms. The molecule has 0 spiro atoms. The standard InChI is InChI=1S/C23H19N3O3/c27-21(25-14-12-18-5-3-4-13-24-18)17-10-8-16(9-11-17)15-26-22(28)19-6-1-2-7-20(19)23(26)29/h1-11,13H,12,14-15H2,(H,25,27). The lowest BCUT2D eigenvalue weighted by Gasteiger charge is -2.14. The zero-order valence-electron chi connectivity index (χ0n) is 15.7. The van der Waals surface area contributed by atoms with Crippen molar-refractivity contribution in [3.63, 3.8) is 0 Å². The molecule has 0 fully saturated rings. The van der Waals surface area contributed by atoms with Crippen LogP contribution in [0.1, 0.15) is 42.3 Å². The molecule has 2 aromatic carbocycles. The summed E-state index contributed by atoms with van der Waals surface area (Å²) in [4.78, 5) is 42.7. The van der Waals surface area contributed by atoms with Crippen molar-refractivity contribution in [2.75, 3.05) is 6.54 Å². The molecule has 0 saturated heterocycles. The van der Waals surface area contributed by atoms with Crippen molar-refractivity contribution >= 4 is 17.7 Å². The van der Waals surface area contributed by atoms with Crippen LogP contribution in [-0.4, -0.2) is 34.2 Å². The second kappa shape index (κ2) is 8.06. The minimum Gasteiger partial charge on any atom is -0.352 e. The van der Waals surface area contributed by atoms with E-state index in [1.165, 1.54) is 4.90 Å². The summed E-state index contributed by atoms with van der Waals surface area (Å²) < 4.78 is 0. The Labute approximate surface area is 168 Å². The van der Waals surface area contributed by atoms with E-state index in [0.29, 0.717) is 29.7 Å². The fourth-order valence-electron chi connectivity index (χ4n) is 3.28. The van der Waals surface area contributed by atoms with Crippen LogP contribution < -0.4 is 5.32 Å².